The SMILES string of the molecule is CCNC(C(C)C)C(C)Cc1ccc(OC)cc1. The lowest BCUT2D eigenvalue weighted by Gasteiger charge is -2.28. The van der Waals surface area contributed by atoms with Crippen molar-refractivity contribution >= 4 is 0 Å². The quantitative estimate of drug-likeness (QED) is 0.798. The van der Waals surface area contributed by atoms with E-state index in [2.05, 4.69) is 45.1 Å². The van der Waals surface area contributed by atoms with Gasteiger partial charge in [0.1, 0.15) is 5.75 Å². The molecule has 0 aliphatic heterocycles. The molecular weight excluding hydrogens is 222 g/mol. The Bertz CT molecular complexity index is 331. The zero-order valence-corrected chi connectivity index (χ0v) is 12.4. The van der Waals surface area contributed by atoms with Crippen molar-refractivity contribution in [2.75, 3.05) is 13.7 Å². The van der Waals surface area contributed by atoms with Gasteiger partial charge in [-0.25, -0.2) is 0 Å². The van der Waals surface area contributed by atoms with Gasteiger partial charge in [-0.15, -0.1) is 0 Å². The predicted molar refractivity (Wildman–Crippen MR) is 78.2 cm³/mol. The van der Waals surface area contributed by atoms with Crippen molar-refractivity contribution in [3.05, 3.63) is 29.8 Å². The summed E-state index contributed by atoms with van der Waals surface area (Å²) in [6, 6.07) is 8.99. The molecule has 2 nitrogen and oxygen atoms in total. The fourth-order valence-corrected chi connectivity index (χ4v) is 2.59. The van der Waals surface area contributed by atoms with E-state index < -0.39 is 0 Å². The molecule has 0 radical (unpaired) electrons. The number of hydrogen-bond donors (Lipinski definition) is 1. The fourth-order valence-electron chi connectivity index (χ4n) is 2.59. The van der Waals surface area contributed by atoms with Crippen molar-refractivity contribution in [2.24, 2.45) is 11.8 Å². The highest BCUT2D eigenvalue weighted by Crippen LogP contribution is 2.19. The maximum atomic E-state index is 5.19. The van der Waals surface area contributed by atoms with Crippen LogP contribution in [0.5, 0.6) is 5.75 Å². The topological polar surface area (TPSA) is 21.3 Å². The minimum Gasteiger partial charge on any atom is -0.497 e. The Kier molecular flexibility index (Phi) is 6.20. The minimum absolute atomic E-state index is 0.581. The number of methoxy groups -OCH3 is 1. The maximum Gasteiger partial charge on any atom is 0.118 e. The molecule has 0 fully saturated rings. The largest absolute Gasteiger partial charge is 0.497 e. The Hall–Kier alpha value is -1.02. The van der Waals surface area contributed by atoms with Crippen LogP contribution in [0.3, 0.4) is 0 Å². The van der Waals surface area contributed by atoms with Gasteiger partial charge in [0.15, 0.2) is 0 Å². The highest BCUT2D eigenvalue weighted by atomic mass is 16.5. The Balaban J connectivity index is 2.63. The third-order valence-electron chi connectivity index (χ3n) is 3.49. The zero-order valence-electron chi connectivity index (χ0n) is 12.4. The van der Waals surface area contributed by atoms with Crippen LogP contribution in [0.15, 0.2) is 24.3 Å². The lowest BCUT2D eigenvalue weighted by Crippen LogP contribution is -2.40. The molecule has 0 heterocycles. The van der Waals surface area contributed by atoms with Gasteiger partial charge >= 0.3 is 0 Å². The van der Waals surface area contributed by atoms with Crippen LogP contribution in [0.2, 0.25) is 0 Å². The van der Waals surface area contributed by atoms with Gasteiger partial charge in [0.25, 0.3) is 0 Å². The smallest absolute Gasteiger partial charge is 0.118 e. The van der Waals surface area contributed by atoms with Crippen molar-refractivity contribution in [3.63, 3.8) is 0 Å². The summed E-state index contributed by atoms with van der Waals surface area (Å²) < 4.78 is 5.19. The zero-order chi connectivity index (χ0) is 13.5. The van der Waals surface area contributed by atoms with Crippen molar-refractivity contribution in [3.8, 4) is 5.75 Å². The summed E-state index contributed by atoms with van der Waals surface area (Å²) in [4.78, 5) is 0. The van der Waals surface area contributed by atoms with Crippen LogP contribution in [0.1, 0.15) is 33.3 Å². The van der Waals surface area contributed by atoms with Crippen LogP contribution >= 0.6 is 0 Å². The summed E-state index contributed by atoms with van der Waals surface area (Å²) in [5.74, 6) is 2.23. The van der Waals surface area contributed by atoms with Gasteiger partial charge in [0.05, 0.1) is 7.11 Å². The van der Waals surface area contributed by atoms with Gasteiger partial charge in [-0.05, 0) is 42.5 Å². The number of hydrogen-bond acceptors (Lipinski definition) is 2. The highest BCUT2D eigenvalue weighted by molar-refractivity contribution is 5.27. The molecule has 2 heteroatoms. The average molecular weight is 249 g/mol. The molecule has 2 atom stereocenters. The van der Waals surface area contributed by atoms with Crippen molar-refractivity contribution in [1.29, 1.82) is 0 Å². The van der Waals surface area contributed by atoms with E-state index in [1.165, 1.54) is 5.56 Å². The summed E-state index contributed by atoms with van der Waals surface area (Å²) >= 11 is 0. The predicted octanol–water partition coefficient (Wildman–Crippen LogP) is 3.51. The normalized spacial score (nSPS) is 14.6. The van der Waals surface area contributed by atoms with Gasteiger partial charge in [-0.3, -0.25) is 0 Å². The number of benzene rings is 1. The lowest BCUT2D eigenvalue weighted by molar-refractivity contribution is 0.302. The standard InChI is InChI=1S/C16H27NO/c1-6-17-16(12(2)3)13(4)11-14-7-9-15(18-5)10-8-14/h7-10,12-13,16-17H,6,11H2,1-5H3. The van der Waals surface area contributed by atoms with Crippen LogP contribution < -0.4 is 10.1 Å². The first-order valence-electron chi connectivity index (χ1n) is 6.94. The Morgan fingerprint density at radius 1 is 1.11 bits per heavy atom. The van der Waals surface area contributed by atoms with E-state index >= 15 is 0 Å². The van der Waals surface area contributed by atoms with Gasteiger partial charge < -0.3 is 10.1 Å². The monoisotopic (exact) mass is 249 g/mol. The molecule has 102 valence electrons. The number of nitrogens with one attached hydrogen (secondary N) is 1. The van der Waals surface area contributed by atoms with Crippen molar-refractivity contribution in [2.45, 2.75) is 40.2 Å². The van der Waals surface area contributed by atoms with E-state index in [-0.39, 0.29) is 0 Å². The van der Waals surface area contributed by atoms with E-state index in [4.69, 9.17) is 4.74 Å². The molecule has 1 rings (SSSR count). The number of rotatable bonds is 7. The van der Waals surface area contributed by atoms with E-state index in [1.807, 2.05) is 12.1 Å². The fraction of sp³-hybridized carbons (Fsp3) is 0.625. The van der Waals surface area contributed by atoms with E-state index in [9.17, 15) is 0 Å². The molecule has 18 heavy (non-hydrogen) atoms. The molecule has 0 saturated heterocycles. The summed E-state index contributed by atoms with van der Waals surface area (Å²) in [7, 11) is 1.71. The molecule has 0 amide bonds. The molecule has 0 aliphatic carbocycles. The van der Waals surface area contributed by atoms with Crippen LogP contribution in [0, 0.1) is 11.8 Å². The van der Waals surface area contributed by atoms with Crippen molar-refractivity contribution < 1.29 is 4.74 Å². The van der Waals surface area contributed by atoms with Crippen LogP contribution in [-0.2, 0) is 6.42 Å². The second kappa shape index (κ2) is 7.42. The number of ether oxygens (including phenoxy) is 1. The minimum atomic E-state index is 0.581. The Morgan fingerprint density at radius 3 is 2.17 bits per heavy atom. The molecule has 0 saturated carbocycles. The summed E-state index contributed by atoms with van der Waals surface area (Å²) in [5.41, 5.74) is 1.38. The van der Waals surface area contributed by atoms with E-state index in [1.54, 1.807) is 7.11 Å². The van der Waals surface area contributed by atoms with Crippen LogP contribution in [0.25, 0.3) is 0 Å². The lowest BCUT2D eigenvalue weighted by atomic mass is 9.87. The van der Waals surface area contributed by atoms with Crippen LogP contribution in [0.4, 0.5) is 0 Å². The molecular formula is C16H27NO. The van der Waals surface area contributed by atoms with E-state index in [0.717, 1.165) is 18.7 Å². The second-order valence-electron chi connectivity index (χ2n) is 5.36. The molecule has 0 bridgehead atoms. The molecule has 0 spiro atoms. The first kappa shape index (κ1) is 15.0. The van der Waals surface area contributed by atoms with Gasteiger partial charge in [-0.1, -0.05) is 39.8 Å². The van der Waals surface area contributed by atoms with E-state index in [0.29, 0.717) is 17.9 Å². The Morgan fingerprint density at radius 2 is 1.72 bits per heavy atom. The molecule has 0 aromatic heterocycles. The maximum absolute atomic E-state index is 5.19. The molecule has 2 unspecified atom stereocenters. The summed E-state index contributed by atoms with van der Waals surface area (Å²) in [6.45, 7) is 10.1. The summed E-state index contributed by atoms with van der Waals surface area (Å²) in [5, 5.41) is 3.60. The van der Waals surface area contributed by atoms with Gasteiger partial charge in [0.2, 0.25) is 0 Å². The first-order chi connectivity index (χ1) is 8.58. The summed E-state index contributed by atoms with van der Waals surface area (Å²) in [6.07, 6.45) is 1.11. The molecule has 1 aromatic rings. The van der Waals surface area contributed by atoms with Crippen LogP contribution in [-0.4, -0.2) is 19.7 Å². The highest BCUT2D eigenvalue weighted by Gasteiger charge is 2.19. The molecule has 1 N–H and O–H groups in total. The molecule has 0 aliphatic rings. The third kappa shape index (κ3) is 4.34. The van der Waals surface area contributed by atoms with Gasteiger partial charge in [-0.2, -0.15) is 0 Å². The van der Waals surface area contributed by atoms with Crippen molar-refractivity contribution in [1.82, 2.24) is 5.32 Å². The third-order valence-corrected chi connectivity index (χ3v) is 3.49. The Labute approximate surface area is 112 Å². The average Bonchev–Trinajstić information content (AvgIpc) is 2.36. The first-order valence-corrected chi connectivity index (χ1v) is 6.94. The second-order valence-corrected chi connectivity index (χ2v) is 5.36. The molecule has 1 aromatic carbocycles. The van der Waals surface area contributed by atoms with Gasteiger partial charge in [0, 0.05) is 6.04 Å².